The lowest BCUT2D eigenvalue weighted by molar-refractivity contribution is 0.0853. The number of ether oxygens (including phenoxy) is 1. The third-order valence-corrected chi connectivity index (χ3v) is 6.91. The number of para-hydroxylation sites is 2. The van der Waals surface area contributed by atoms with Gasteiger partial charge in [0.25, 0.3) is 0 Å². The van der Waals surface area contributed by atoms with Crippen molar-refractivity contribution in [1.29, 1.82) is 0 Å². The second kappa shape index (κ2) is 10.1. The van der Waals surface area contributed by atoms with Gasteiger partial charge < -0.3 is 19.4 Å². The van der Waals surface area contributed by atoms with Gasteiger partial charge in [0, 0.05) is 72.4 Å². The van der Waals surface area contributed by atoms with Crippen LogP contribution in [0.4, 0.5) is 17.5 Å². The number of benzene rings is 1. The summed E-state index contributed by atoms with van der Waals surface area (Å²) < 4.78 is 5.58. The van der Waals surface area contributed by atoms with Gasteiger partial charge in [-0.05, 0) is 37.8 Å². The van der Waals surface area contributed by atoms with Gasteiger partial charge in [0.15, 0.2) is 5.82 Å². The van der Waals surface area contributed by atoms with Gasteiger partial charge >= 0.3 is 0 Å². The zero-order valence-electron chi connectivity index (χ0n) is 20.6. The molecule has 0 spiro atoms. The molecule has 0 aliphatic carbocycles. The Morgan fingerprint density at radius 1 is 0.912 bits per heavy atom. The van der Waals surface area contributed by atoms with Crippen molar-refractivity contribution >= 4 is 28.5 Å². The molecule has 0 amide bonds. The Morgan fingerprint density at radius 2 is 1.62 bits per heavy atom. The molecule has 2 aliphatic heterocycles. The summed E-state index contributed by atoms with van der Waals surface area (Å²) >= 11 is 0. The molecular formula is C26H35N7O. The number of hydrogen-bond acceptors (Lipinski definition) is 8. The summed E-state index contributed by atoms with van der Waals surface area (Å²) in [5.74, 6) is 3.84. The molecule has 34 heavy (non-hydrogen) atoms. The molecule has 2 aromatic heterocycles. The normalized spacial score (nSPS) is 16.9. The number of fused-ring (bicyclic) bond motifs is 1. The highest BCUT2D eigenvalue weighted by atomic mass is 16.5. The Morgan fingerprint density at radius 3 is 2.32 bits per heavy atom. The Hall–Kier alpha value is -3.00. The van der Waals surface area contributed by atoms with Gasteiger partial charge in [-0.25, -0.2) is 19.9 Å². The topological polar surface area (TPSA) is 70.5 Å². The van der Waals surface area contributed by atoms with Crippen LogP contribution in [0.3, 0.4) is 0 Å². The monoisotopic (exact) mass is 461 g/mol. The Kier molecular flexibility index (Phi) is 6.76. The number of nitrogens with zero attached hydrogens (tertiary/aromatic N) is 7. The van der Waals surface area contributed by atoms with Crippen molar-refractivity contribution in [2.24, 2.45) is 0 Å². The molecule has 0 saturated carbocycles. The number of aromatic nitrogens is 4. The minimum Gasteiger partial charge on any atom is -0.381 e. The van der Waals surface area contributed by atoms with Crippen molar-refractivity contribution in [2.75, 3.05) is 62.1 Å². The smallest absolute Gasteiger partial charge is 0.150 e. The Bertz CT molecular complexity index is 1120. The van der Waals surface area contributed by atoms with Gasteiger partial charge in [-0.15, -0.1) is 0 Å². The molecule has 2 saturated heterocycles. The number of anilines is 3. The number of aryl methyl sites for hydroxylation is 2. The van der Waals surface area contributed by atoms with Crippen molar-refractivity contribution in [1.82, 2.24) is 19.9 Å². The van der Waals surface area contributed by atoms with Gasteiger partial charge in [0.1, 0.15) is 17.5 Å². The SMILES string of the molecule is CN(C)c1nc2ccccc2nc1CCc1nc(N2CCCC2)cc(N(C)C2CCOCC2)n1. The van der Waals surface area contributed by atoms with Crippen LogP contribution in [0.25, 0.3) is 11.0 Å². The van der Waals surface area contributed by atoms with Crippen molar-refractivity contribution in [2.45, 2.75) is 44.6 Å². The number of rotatable bonds is 7. The van der Waals surface area contributed by atoms with E-state index >= 15 is 0 Å². The van der Waals surface area contributed by atoms with Crippen LogP contribution in [-0.2, 0) is 17.6 Å². The molecule has 3 aromatic rings. The maximum Gasteiger partial charge on any atom is 0.150 e. The van der Waals surface area contributed by atoms with Crippen LogP contribution in [-0.4, -0.2) is 73.4 Å². The molecule has 5 rings (SSSR count). The maximum atomic E-state index is 5.58. The van der Waals surface area contributed by atoms with Crippen molar-refractivity contribution < 1.29 is 4.74 Å². The fourth-order valence-corrected chi connectivity index (χ4v) is 4.91. The highest BCUT2D eigenvalue weighted by Crippen LogP contribution is 2.26. The van der Waals surface area contributed by atoms with Crippen LogP contribution in [0.15, 0.2) is 30.3 Å². The van der Waals surface area contributed by atoms with Crippen molar-refractivity contribution in [3.05, 3.63) is 41.9 Å². The van der Waals surface area contributed by atoms with Crippen molar-refractivity contribution in [3.8, 4) is 0 Å². The molecule has 4 heterocycles. The van der Waals surface area contributed by atoms with Gasteiger partial charge in [-0.1, -0.05) is 12.1 Å². The second-order valence-electron chi connectivity index (χ2n) is 9.53. The van der Waals surface area contributed by atoms with Crippen LogP contribution in [0.2, 0.25) is 0 Å². The molecule has 0 radical (unpaired) electrons. The largest absolute Gasteiger partial charge is 0.381 e. The molecule has 2 aliphatic rings. The predicted octanol–water partition coefficient (Wildman–Crippen LogP) is 3.49. The van der Waals surface area contributed by atoms with E-state index in [1.165, 1.54) is 12.8 Å². The van der Waals surface area contributed by atoms with E-state index < -0.39 is 0 Å². The van der Waals surface area contributed by atoms with Crippen LogP contribution < -0.4 is 14.7 Å². The molecule has 0 bridgehead atoms. The zero-order valence-corrected chi connectivity index (χ0v) is 20.6. The van der Waals surface area contributed by atoms with E-state index in [4.69, 9.17) is 24.7 Å². The maximum absolute atomic E-state index is 5.58. The summed E-state index contributed by atoms with van der Waals surface area (Å²) in [6.45, 7) is 3.77. The van der Waals surface area contributed by atoms with E-state index in [1.807, 2.05) is 43.3 Å². The van der Waals surface area contributed by atoms with E-state index in [2.05, 4.69) is 22.9 Å². The predicted molar refractivity (Wildman–Crippen MR) is 137 cm³/mol. The van der Waals surface area contributed by atoms with Crippen LogP contribution in [0.1, 0.15) is 37.2 Å². The number of hydrogen-bond donors (Lipinski definition) is 0. The average molecular weight is 462 g/mol. The summed E-state index contributed by atoms with van der Waals surface area (Å²) in [5, 5.41) is 0. The second-order valence-corrected chi connectivity index (χ2v) is 9.53. The van der Waals surface area contributed by atoms with E-state index in [1.54, 1.807) is 0 Å². The quantitative estimate of drug-likeness (QED) is 0.530. The van der Waals surface area contributed by atoms with E-state index in [-0.39, 0.29) is 0 Å². The minimum atomic E-state index is 0.453. The lowest BCUT2D eigenvalue weighted by Crippen LogP contribution is -2.37. The fraction of sp³-hybridized carbons (Fsp3) is 0.538. The molecule has 8 heteroatoms. The average Bonchev–Trinajstić information content (AvgIpc) is 3.42. The first-order valence-corrected chi connectivity index (χ1v) is 12.4. The van der Waals surface area contributed by atoms with Crippen LogP contribution in [0.5, 0.6) is 0 Å². The molecule has 180 valence electrons. The minimum absolute atomic E-state index is 0.453. The first-order valence-electron chi connectivity index (χ1n) is 12.4. The molecule has 1 aromatic carbocycles. The lowest BCUT2D eigenvalue weighted by Gasteiger charge is -2.32. The van der Waals surface area contributed by atoms with Crippen LogP contribution >= 0.6 is 0 Å². The summed E-state index contributed by atoms with van der Waals surface area (Å²) in [6, 6.07) is 10.7. The summed E-state index contributed by atoms with van der Waals surface area (Å²) in [5.41, 5.74) is 2.83. The third kappa shape index (κ3) is 4.92. The van der Waals surface area contributed by atoms with Crippen LogP contribution in [0, 0.1) is 0 Å². The van der Waals surface area contributed by atoms with Gasteiger partial charge in [-0.2, -0.15) is 0 Å². The zero-order chi connectivity index (χ0) is 23.5. The summed E-state index contributed by atoms with van der Waals surface area (Å²) in [6.07, 6.45) is 5.99. The van der Waals surface area contributed by atoms with Crippen molar-refractivity contribution in [3.63, 3.8) is 0 Å². The molecule has 0 atom stereocenters. The third-order valence-electron chi connectivity index (χ3n) is 6.91. The standard InChI is InChI=1S/C26H35N7O/c1-31(2)26-22(27-20-8-4-5-9-21(20)28-26)10-11-23-29-24(32(3)19-12-16-34-17-13-19)18-25(30-23)33-14-6-7-15-33/h4-5,8-9,18-19H,6-7,10-17H2,1-3H3. The summed E-state index contributed by atoms with van der Waals surface area (Å²) in [7, 11) is 6.20. The molecular weight excluding hydrogens is 426 g/mol. The fourth-order valence-electron chi connectivity index (χ4n) is 4.91. The first-order chi connectivity index (χ1) is 16.6. The highest BCUT2D eigenvalue weighted by Gasteiger charge is 2.23. The molecule has 2 fully saturated rings. The Balaban J connectivity index is 1.43. The van der Waals surface area contributed by atoms with E-state index in [0.717, 1.165) is 92.0 Å². The summed E-state index contributed by atoms with van der Waals surface area (Å²) in [4.78, 5) is 26.6. The molecule has 0 N–H and O–H groups in total. The van der Waals surface area contributed by atoms with E-state index in [0.29, 0.717) is 6.04 Å². The van der Waals surface area contributed by atoms with Gasteiger partial charge in [0.2, 0.25) is 0 Å². The molecule has 0 unspecified atom stereocenters. The van der Waals surface area contributed by atoms with E-state index in [9.17, 15) is 0 Å². The van der Waals surface area contributed by atoms with Gasteiger partial charge in [0.05, 0.1) is 16.7 Å². The Labute approximate surface area is 202 Å². The first kappa shape index (κ1) is 22.8. The lowest BCUT2D eigenvalue weighted by atomic mass is 10.1. The van der Waals surface area contributed by atoms with Gasteiger partial charge in [-0.3, -0.25) is 0 Å². The highest BCUT2D eigenvalue weighted by molar-refractivity contribution is 5.76. The molecule has 8 nitrogen and oxygen atoms in total.